The highest BCUT2D eigenvalue weighted by Gasteiger charge is 2.47. The van der Waals surface area contributed by atoms with Crippen molar-refractivity contribution in [3.05, 3.63) is 28.8 Å². The Bertz CT molecular complexity index is 1720. The van der Waals surface area contributed by atoms with Gasteiger partial charge in [-0.15, -0.1) is 0 Å². The fourth-order valence-corrected chi connectivity index (χ4v) is 18.5. The Morgan fingerprint density at radius 3 is 0.781 bits per heavy atom. The van der Waals surface area contributed by atoms with E-state index in [2.05, 4.69) is 151 Å². The number of hydrogen-bond donors (Lipinski definition) is 1. The first kappa shape index (κ1) is 59.6. The van der Waals surface area contributed by atoms with Crippen LogP contribution in [0, 0.1) is 107 Å². The van der Waals surface area contributed by atoms with Crippen LogP contribution in [0.1, 0.15) is 257 Å². The third-order valence-corrected chi connectivity index (χ3v) is 23.0. The Kier molecular flexibility index (Phi) is 21.4. The van der Waals surface area contributed by atoms with Gasteiger partial charge >= 0.3 is 0 Å². The van der Waals surface area contributed by atoms with Crippen LogP contribution < -0.4 is 0 Å². The van der Waals surface area contributed by atoms with E-state index in [0.717, 1.165) is 67.0 Å². The minimum absolute atomic E-state index is 0.545. The first-order chi connectivity index (χ1) is 34.5. The van der Waals surface area contributed by atoms with Gasteiger partial charge in [-0.2, -0.15) is 0 Å². The number of nitrogens with zero attached hydrogens (tertiary/aromatic N) is 3. The zero-order valence-electron chi connectivity index (χ0n) is 51.6. The minimum Gasteiger partial charge on any atom is -0.508 e. The number of benzene rings is 1. The number of rotatable bonds is 18. The SMILES string of the molecule is CC1CCC(C(C)C)C(N(Cc2ccc(O)c(CN(C3CC(C)CCC3C(C)C)C3CC(C)CCC3C(C)C)c2CN(C2CC(C)CCC2C(C)C)C2CC(C)CCC2C(C)C)C2CC(C)CCC2C(C)C)C1. The lowest BCUT2D eigenvalue weighted by Gasteiger charge is -2.53. The van der Waals surface area contributed by atoms with E-state index in [1.165, 1.54) is 121 Å². The van der Waals surface area contributed by atoms with Crippen molar-refractivity contribution in [2.24, 2.45) is 107 Å². The molecule has 4 heteroatoms. The summed E-state index contributed by atoms with van der Waals surface area (Å²) in [7, 11) is 0. The summed E-state index contributed by atoms with van der Waals surface area (Å²) in [6.45, 7) is 49.1. The van der Waals surface area contributed by atoms with E-state index in [9.17, 15) is 5.11 Å². The summed E-state index contributed by atoms with van der Waals surface area (Å²) in [4.78, 5) is 9.64. The van der Waals surface area contributed by atoms with Crippen molar-refractivity contribution < 1.29 is 5.11 Å². The lowest BCUT2D eigenvalue weighted by atomic mass is 9.68. The molecular weight excluding hydrogens is 887 g/mol. The Morgan fingerprint density at radius 2 is 0.548 bits per heavy atom. The molecule has 18 atom stereocenters. The van der Waals surface area contributed by atoms with Crippen LogP contribution in [0.4, 0.5) is 0 Å². The zero-order chi connectivity index (χ0) is 53.2. The molecule has 0 spiro atoms. The average Bonchev–Trinajstić information content (AvgIpc) is 3.31. The van der Waals surface area contributed by atoms with Gasteiger partial charge in [0.05, 0.1) is 0 Å². The van der Waals surface area contributed by atoms with E-state index in [-0.39, 0.29) is 0 Å². The molecule has 0 amide bonds. The van der Waals surface area contributed by atoms with E-state index < -0.39 is 0 Å². The van der Waals surface area contributed by atoms with Crippen molar-refractivity contribution in [2.75, 3.05) is 0 Å². The second-order valence-corrected chi connectivity index (χ2v) is 30.6. The number of phenols is 1. The molecule has 6 saturated carbocycles. The van der Waals surface area contributed by atoms with Crippen LogP contribution in [0.5, 0.6) is 5.75 Å². The number of aromatic hydroxyl groups is 1. The second-order valence-electron chi connectivity index (χ2n) is 30.6. The van der Waals surface area contributed by atoms with Crippen LogP contribution in [-0.4, -0.2) is 56.1 Å². The van der Waals surface area contributed by atoms with Crippen LogP contribution >= 0.6 is 0 Å². The van der Waals surface area contributed by atoms with Crippen LogP contribution in [0.2, 0.25) is 0 Å². The molecule has 6 aliphatic rings. The van der Waals surface area contributed by atoms with Gasteiger partial charge < -0.3 is 5.11 Å². The van der Waals surface area contributed by atoms with Gasteiger partial charge in [-0.25, -0.2) is 0 Å². The molecule has 0 bridgehead atoms. The van der Waals surface area contributed by atoms with Crippen LogP contribution in [0.3, 0.4) is 0 Å². The first-order valence-electron chi connectivity index (χ1n) is 32.6. The molecule has 18 unspecified atom stereocenters. The topological polar surface area (TPSA) is 30.0 Å². The molecule has 1 N–H and O–H groups in total. The third-order valence-electron chi connectivity index (χ3n) is 23.0. The molecule has 6 fully saturated rings. The van der Waals surface area contributed by atoms with Gasteiger partial charge in [0.25, 0.3) is 0 Å². The molecule has 73 heavy (non-hydrogen) atoms. The first-order valence-corrected chi connectivity index (χ1v) is 32.6. The van der Waals surface area contributed by atoms with Crippen molar-refractivity contribution in [3.8, 4) is 5.75 Å². The quantitative estimate of drug-likeness (QED) is 0.159. The van der Waals surface area contributed by atoms with E-state index in [0.29, 0.717) is 101 Å². The van der Waals surface area contributed by atoms with Crippen LogP contribution in [-0.2, 0) is 19.6 Å². The van der Waals surface area contributed by atoms with E-state index in [1.54, 1.807) is 11.1 Å². The summed E-state index contributed by atoms with van der Waals surface area (Å²) in [6, 6.07) is 8.18. The molecular formula is C69H123N3O. The molecule has 1 aromatic carbocycles. The summed E-state index contributed by atoms with van der Waals surface area (Å²) in [5.41, 5.74) is 4.46. The number of phenolic OH excluding ortho intramolecular Hbond substituents is 1. The molecule has 0 aromatic heterocycles. The van der Waals surface area contributed by atoms with Crippen molar-refractivity contribution in [1.82, 2.24) is 14.7 Å². The van der Waals surface area contributed by atoms with Gasteiger partial charge in [0.15, 0.2) is 0 Å². The Morgan fingerprint density at radius 1 is 0.329 bits per heavy atom. The van der Waals surface area contributed by atoms with Crippen LogP contribution in [0.25, 0.3) is 0 Å². The summed E-state index contributed by atoms with van der Waals surface area (Å²) in [6.07, 6.45) is 24.3. The lowest BCUT2D eigenvalue weighted by Crippen LogP contribution is -2.56. The minimum atomic E-state index is 0.545. The molecule has 0 aliphatic heterocycles. The van der Waals surface area contributed by atoms with Gasteiger partial charge in [0.1, 0.15) is 5.75 Å². The molecule has 7 rings (SSSR count). The van der Waals surface area contributed by atoms with E-state index >= 15 is 0 Å². The molecule has 420 valence electrons. The maximum atomic E-state index is 13.2. The average molecular weight is 1010 g/mol. The summed E-state index contributed by atoms with van der Waals surface area (Å²) in [5, 5.41) is 13.2. The maximum Gasteiger partial charge on any atom is 0.120 e. The molecule has 0 radical (unpaired) electrons. The van der Waals surface area contributed by atoms with E-state index in [4.69, 9.17) is 0 Å². The van der Waals surface area contributed by atoms with Gasteiger partial charge in [-0.3, -0.25) is 14.7 Å². The highest BCUT2D eigenvalue weighted by atomic mass is 16.3. The smallest absolute Gasteiger partial charge is 0.120 e. The highest BCUT2D eigenvalue weighted by molar-refractivity contribution is 5.45. The zero-order valence-corrected chi connectivity index (χ0v) is 51.6. The maximum absolute atomic E-state index is 13.2. The third kappa shape index (κ3) is 14.2. The van der Waals surface area contributed by atoms with Crippen molar-refractivity contribution in [3.63, 3.8) is 0 Å². The normalized spacial score (nSPS) is 38.3. The van der Waals surface area contributed by atoms with Crippen LogP contribution in [0.15, 0.2) is 12.1 Å². The summed E-state index contributed by atoms with van der Waals surface area (Å²) in [5.74, 6) is 13.3. The molecule has 0 saturated heterocycles. The standard InChI is InChI=1S/C69H123N3O/c1-42(2)55-26-19-48(13)33-63(55)70(64-34-49(14)20-27-56(64)43(3)4)39-54-25-32-69(73)62(41-72(67-37-52(17)23-30-59(67)46(9)10)68-38-53(18)24-31-60(68)47(11)12)61(54)40-71(65-35-50(15)21-28-57(65)44(5)6)66-36-51(16)22-29-58(66)45(7)8/h25,32,42-53,55-60,63-68,73H,19-24,26-31,33-41H2,1-18H3. The van der Waals surface area contributed by atoms with Crippen molar-refractivity contribution in [2.45, 2.75) is 296 Å². The van der Waals surface area contributed by atoms with Gasteiger partial charge in [-0.1, -0.05) is 169 Å². The molecule has 6 aliphatic carbocycles. The fourth-order valence-electron chi connectivity index (χ4n) is 18.5. The van der Waals surface area contributed by atoms with E-state index in [1.807, 2.05) is 0 Å². The fraction of sp³-hybridized carbons (Fsp3) is 0.913. The second kappa shape index (κ2) is 26.2. The Hall–Kier alpha value is -1.10. The van der Waals surface area contributed by atoms with Crippen molar-refractivity contribution in [1.29, 1.82) is 0 Å². The monoisotopic (exact) mass is 1010 g/mol. The number of hydrogen-bond acceptors (Lipinski definition) is 4. The Balaban J connectivity index is 1.49. The molecule has 1 aromatic rings. The Labute approximate surface area is 454 Å². The summed E-state index contributed by atoms with van der Waals surface area (Å²) >= 11 is 0. The highest BCUT2D eigenvalue weighted by Crippen LogP contribution is 2.49. The predicted molar refractivity (Wildman–Crippen MR) is 316 cm³/mol. The molecule has 0 heterocycles. The van der Waals surface area contributed by atoms with Crippen molar-refractivity contribution >= 4 is 0 Å². The van der Waals surface area contributed by atoms with Gasteiger partial charge in [-0.05, 0) is 201 Å². The lowest BCUT2D eigenvalue weighted by molar-refractivity contribution is -0.0351. The summed E-state index contributed by atoms with van der Waals surface area (Å²) < 4.78 is 0. The largest absolute Gasteiger partial charge is 0.508 e. The predicted octanol–water partition coefficient (Wildman–Crippen LogP) is 18.6. The molecule has 4 nitrogen and oxygen atoms in total. The van der Waals surface area contributed by atoms with Gasteiger partial charge in [0, 0.05) is 61.4 Å². The van der Waals surface area contributed by atoms with Gasteiger partial charge in [0.2, 0.25) is 0 Å².